The Morgan fingerprint density at radius 2 is 1.85 bits per heavy atom. The van der Waals surface area contributed by atoms with E-state index in [1.807, 2.05) is 0 Å². The third-order valence-corrected chi connectivity index (χ3v) is 1.41. The first-order chi connectivity index (χ1) is 5.82. The molecule has 0 unspecified atom stereocenters. The molecule has 0 aliphatic heterocycles. The smallest absolute Gasteiger partial charge is 0.433 e. The lowest BCUT2D eigenvalue weighted by Crippen LogP contribution is -2.13. The van der Waals surface area contributed by atoms with E-state index in [2.05, 4.69) is 9.97 Å². The highest BCUT2D eigenvalue weighted by Crippen LogP contribution is 2.32. The number of aromatic nitrogens is 2. The lowest BCUT2D eigenvalue weighted by atomic mass is 10.2. The number of aromatic hydroxyl groups is 1. The highest BCUT2D eigenvalue weighted by atomic mass is 19.4. The first-order valence-corrected chi connectivity index (χ1v) is 3.22. The fraction of sp³-hybridized carbons (Fsp3) is 0.333. The summed E-state index contributed by atoms with van der Waals surface area (Å²) < 4.78 is 36.5. The maximum atomic E-state index is 12.2. The topological polar surface area (TPSA) is 72.0 Å². The molecule has 13 heavy (non-hydrogen) atoms. The molecule has 0 fully saturated rings. The van der Waals surface area contributed by atoms with Crippen LogP contribution in [0.2, 0.25) is 0 Å². The van der Waals surface area contributed by atoms with Crippen LogP contribution in [0.3, 0.4) is 0 Å². The van der Waals surface area contributed by atoms with E-state index < -0.39 is 29.3 Å². The number of nitrogen functional groups attached to an aromatic ring is 1. The van der Waals surface area contributed by atoms with E-state index >= 15 is 0 Å². The summed E-state index contributed by atoms with van der Waals surface area (Å²) in [6.45, 7) is 1.07. The number of rotatable bonds is 0. The molecule has 0 spiro atoms. The van der Waals surface area contributed by atoms with E-state index in [4.69, 9.17) is 10.8 Å². The minimum absolute atomic E-state index is 0.429. The van der Waals surface area contributed by atoms with E-state index in [1.165, 1.54) is 0 Å². The molecule has 0 bridgehead atoms. The van der Waals surface area contributed by atoms with Gasteiger partial charge in [-0.1, -0.05) is 0 Å². The molecule has 3 N–H and O–H groups in total. The number of nitrogens with zero attached hydrogens (tertiary/aromatic N) is 2. The van der Waals surface area contributed by atoms with Gasteiger partial charge in [0.1, 0.15) is 0 Å². The lowest BCUT2D eigenvalue weighted by molar-refractivity contribution is -0.141. The number of hydrogen-bond donors (Lipinski definition) is 2. The molecule has 1 aromatic heterocycles. The number of nitrogens with two attached hydrogens (primary N) is 1. The van der Waals surface area contributed by atoms with Crippen LogP contribution in [0.5, 0.6) is 5.88 Å². The monoisotopic (exact) mass is 193 g/mol. The highest BCUT2D eigenvalue weighted by Gasteiger charge is 2.36. The second-order valence-corrected chi connectivity index (χ2v) is 2.38. The van der Waals surface area contributed by atoms with Gasteiger partial charge in [0.2, 0.25) is 11.8 Å². The van der Waals surface area contributed by atoms with Gasteiger partial charge in [0.05, 0.1) is 0 Å². The zero-order chi connectivity index (χ0) is 10.2. The molecular weight excluding hydrogens is 187 g/mol. The van der Waals surface area contributed by atoms with Crippen molar-refractivity contribution >= 4 is 5.95 Å². The van der Waals surface area contributed by atoms with Gasteiger partial charge in [-0.05, 0) is 6.92 Å². The van der Waals surface area contributed by atoms with Crippen molar-refractivity contribution in [3.8, 4) is 5.88 Å². The van der Waals surface area contributed by atoms with Crippen molar-refractivity contribution in [3.05, 3.63) is 11.3 Å². The molecule has 0 saturated heterocycles. The van der Waals surface area contributed by atoms with Crippen molar-refractivity contribution in [1.82, 2.24) is 9.97 Å². The third kappa shape index (κ3) is 1.79. The summed E-state index contributed by atoms with van der Waals surface area (Å²) in [6.07, 6.45) is -4.63. The number of anilines is 1. The maximum Gasteiger partial charge on any atom is 0.433 e. The first kappa shape index (κ1) is 9.56. The van der Waals surface area contributed by atoms with Gasteiger partial charge >= 0.3 is 6.18 Å². The predicted octanol–water partition coefficient (Wildman–Crippen LogP) is 1.09. The average molecular weight is 193 g/mol. The summed E-state index contributed by atoms with van der Waals surface area (Å²) in [5.41, 5.74) is 3.30. The molecule has 0 radical (unpaired) electrons. The van der Waals surface area contributed by atoms with Gasteiger partial charge in [-0.15, -0.1) is 0 Å². The Bertz CT molecular complexity index is 337. The Balaban J connectivity index is 3.37. The Labute approximate surface area is 71.2 Å². The number of hydrogen-bond acceptors (Lipinski definition) is 4. The first-order valence-electron chi connectivity index (χ1n) is 3.22. The lowest BCUT2D eigenvalue weighted by Gasteiger charge is -2.09. The molecule has 0 aromatic carbocycles. The van der Waals surface area contributed by atoms with Crippen molar-refractivity contribution in [2.75, 3.05) is 5.73 Å². The molecule has 0 saturated carbocycles. The Kier molecular flexibility index (Phi) is 2.02. The summed E-state index contributed by atoms with van der Waals surface area (Å²) in [7, 11) is 0. The van der Waals surface area contributed by atoms with Gasteiger partial charge in [-0.2, -0.15) is 18.2 Å². The molecule has 1 rings (SSSR count). The normalized spacial score (nSPS) is 11.7. The van der Waals surface area contributed by atoms with Crippen LogP contribution in [0.4, 0.5) is 19.1 Å². The predicted molar refractivity (Wildman–Crippen MR) is 37.8 cm³/mol. The second kappa shape index (κ2) is 2.75. The van der Waals surface area contributed by atoms with Gasteiger partial charge < -0.3 is 10.8 Å². The van der Waals surface area contributed by atoms with Gasteiger partial charge in [0, 0.05) is 5.56 Å². The van der Waals surface area contributed by atoms with Crippen molar-refractivity contribution in [2.45, 2.75) is 13.1 Å². The molecule has 72 valence electrons. The van der Waals surface area contributed by atoms with E-state index in [9.17, 15) is 13.2 Å². The average Bonchev–Trinajstić information content (AvgIpc) is 1.94. The largest absolute Gasteiger partial charge is 0.493 e. The number of alkyl halides is 3. The molecule has 7 heteroatoms. The Morgan fingerprint density at radius 1 is 1.31 bits per heavy atom. The third-order valence-electron chi connectivity index (χ3n) is 1.41. The van der Waals surface area contributed by atoms with Gasteiger partial charge in [0.15, 0.2) is 5.69 Å². The SMILES string of the molecule is Cc1c(O)nc(N)nc1C(F)(F)F. The fourth-order valence-electron chi connectivity index (χ4n) is 0.798. The molecule has 1 heterocycles. The minimum atomic E-state index is -4.63. The van der Waals surface area contributed by atoms with E-state index in [0.29, 0.717) is 0 Å². The van der Waals surface area contributed by atoms with Gasteiger partial charge in [0.25, 0.3) is 0 Å². The van der Waals surface area contributed by atoms with E-state index in [0.717, 1.165) is 6.92 Å². The van der Waals surface area contributed by atoms with Crippen molar-refractivity contribution in [3.63, 3.8) is 0 Å². The highest BCUT2D eigenvalue weighted by molar-refractivity contribution is 5.35. The molecular formula is C6H6F3N3O. The van der Waals surface area contributed by atoms with E-state index in [-0.39, 0.29) is 0 Å². The Morgan fingerprint density at radius 3 is 2.31 bits per heavy atom. The summed E-state index contributed by atoms with van der Waals surface area (Å²) in [4.78, 5) is 6.16. The van der Waals surface area contributed by atoms with Crippen molar-refractivity contribution in [2.24, 2.45) is 0 Å². The molecule has 0 aliphatic rings. The number of halogens is 3. The van der Waals surface area contributed by atoms with Crippen LogP contribution in [0.15, 0.2) is 0 Å². The van der Waals surface area contributed by atoms with Crippen LogP contribution < -0.4 is 5.73 Å². The summed E-state index contributed by atoms with van der Waals surface area (Å²) in [5.74, 6) is -1.35. The van der Waals surface area contributed by atoms with Crippen LogP contribution in [-0.2, 0) is 6.18 Å². The summed E-state index contributed by atoms with van der Waals surface area (Å²) >= 11 is 0. The molecule has 0 amide bonds. The summed E-state index contributed by atoms with van der Waals surface area (Å²) in [5, 5.41) is 8.91. The van der Waals surface area contributed by atoms with Crippen LogP contribution in [0.1, 0.15) is 11.3 Å². The van der Waals surface area contributed by atoms with Gasteiger partial charge in [-0.3, -0.25) is 0 Å². The standard InChI is InChI=1S/C6H6F3N3O/c1-2-3(6(7,8)9)11-5(10)12-4(2)13/h1H3,(H3,10,11,12,13). The molecule has 4 nitrogen and oxygen atoms in total. The zero-order valence-corrected chi connectivity index (χ0v) is 6.55. The summed E-state index contributed by atoms with van der Waals surface area (Å²) in [6, 6.07) is 0. The molecule has 0 aliphatic carbocycles. The molecule has 0 atom stereocenters. The minimum Gasteiger partial charge on any atom is -0.493 e. The Hall–Kier alpha value is -1.53. The van der Waals surface area contributed by atoms with Crippen LogP contribution >= 0.6 is 0 Å². The van der Waals surface area contributed by atoms with Crippen LogP contribution in [0.25, 0.3) is 0 Å². The van der Waals surface area contributed by atoms with Gasteiger partial charge in [-0.25, -0.2) is 4.98 Å². The molecule has 1 aromatic rings. The maximum absolute atomic E-state index is 12.2. The van der Waals surface area contributed by atoms with Crippen LogP contribution in [0, 0.1) is 6.92 Å². The van der Waals surface area contributed by atoms with Crippen molar-refractivity contribution in [1.29, 1.82) is 0 Å². The van der Waals surface area contributed by atoms with Crippen molar-refractivity contribution < 1.29 is 18.3 Å². The quantitative estimate of drug-likeness (QED) is 0.646. The second-order valence-electron chi connectivity index (χ2n) is 2.38. The van der Waals surface area contributed by atoms with Crippen LogP contribution in [-0.4, -0.2) is 15.1 Å². The zero-order valence-electron chi connectivity index (χ0n) is 6.55. The van der Waals surface area contributed by atoms with E-state index in [1.54, 1.807) is 0 Å². The fourth-order valence-corrected chi connectivity index (χ4v) is 0.798.